The zero-order chi connectivity index (χ0) is 20.4. The van der Waals surface area contributed by atoms with Gasteiger partial charge in [-0.25, -0.2) is 0 Å². The summed E-state index contributed by atoms with van der Waals surface area (Å²) in [7, 11) is 1.71. The van der Waals surface area contributed by atoms with E-state index in [1.807, 2.05) is 11.0 Å². The van der Waals surface area contributed by atoms with Crippen molar-refractivity contribution in [3.8, 4) is 5.75 Å². The van der Waals surface area contributed by atoms with E-state index in [9.17, 15) is 4.79 Å². The molecule has 0 saturated carbocycles. The second-order valence-corrected chi connectivity index (χ2v) is 7.10. The van der Waals surface area contributed by atoms with Gasteiger partial charge in [0.15, 0.2) is 5.96 Å². The fourth-order valence-corrected chi connectivity index (χ4v) is 3.35. The molecule has 1 saturated heterocycles. The lowest BCUT2D eigenvalue weighted by Gasteiger charge is -2.33. The van der Waals surface area contributed by atoms with Crippen molar-refractivity contribution in [2.45, 2.75) is 27.2 Å². The second kappa shape index (κ2) is 13.6. The lowest BCUT2D eigenvalue weighted by atomic mass is 10.1. The Morgan fingerprint density at radius 3 is 2.55 bits per heavy atom. The molecule has 164 valence electrons. The highest BCUT2D eigenvalue weighted by Crippen LogP contribution is 2.19. The van der Waals surface area contributed by atoms with E-state index in [1.165, 1.54) is 11.1 Å². The van der Waals surface area contributed by atoms with Gasteiger partial charge >= 0.3 is 0 Å². The number of aryl methyl sites for hydroxylation is 1. The van der Waals surface area contributed by atoms with Crippen LogP contribution >= 0.6 is 24.0 Å². The minimum Gasteiger partial charge on any atom is -0.496 e. The van der Waals surface area contributed by atoms with Crippen LogP contribution in [0.4, 0.5) is 0 Å². The molecule has 0 spiro atoms. The topological polar surface area (TPSA) is 69.2 Å². The fourth-order valence-electron chi connectivity index (χ4n) is 3.35. The standard InChI is InChI=1S/C21H35N5O2.HI/c1-5-22-21(23-9-8-19-16-17(2)6-7-20(19)28-4)24-10-11-25-12-14-26(15-13-25)18(3)27;/h6-7,16H,5,8-15H2,1-4H3,(H2,22,23,24);1H. The number of amides is 1. The molecule has 1 aliphatic heterocycles. The first-order chi connectivity index (χ1) is 13.5. The van der Waals surface area contributed by atoms with Crippen molar-refractivity contribution in [3.05, 3.63) is 29.3 Å². The van der Waals surface area contributed by atoms with Gasteiger partial charge in [-0.15, -0.1) is 24.0 Å². The molecule has 0 bridgehead atoms. The fraction of sp³-hybridized carbons (Fsp3) is 0.619. The molecule has 1 aromatic rings. The molecule has 0 atom stereocenters. The summed E-state index contributed by atoms with van der Waals surface area (Å²) < 4.78 is 5.46. The number of benzene rings is 1. The third-order valence-corrected chi connectivity index (χ3v) is 4.97. The molecule has 1 heterocycles. The average molecular weight is 517 g/mol. The van der Waals surface area contributed by atoms with Crippen LogP contribution in [0.1, 0.15) is 25.0 Å². The third-order valence-electron chi connectivity index (χ3n) is 4.97. The number of hydrogen-bond donors (Lipinski definition) is 2. The molecule has 2 N–H and O–H groups in total. The summed E-state index contributed by atoms with van der Waals surface area (Å²) in [5, 5.41) is 6.72. The number of aliphatic imine (C=N–C) groups is 1. The molecule has 1 amide bonds. The number of nitrogens with zero attached hydrogens (tertiary/aromatic N) is 3. The van der Waals surface area contributed by atoms with Crippen LogP contribution in [0.3, 0.4) is 0 Å². The molecular weight excluding hydrogens is 481 g/mol. The van der Waals surface area contributed by atoms with E-state index in [-0.39, 0.29) is 29.9 Å². The summed E-state index contributed by atoms with van der Waals surface area (Å²) in [5.41, 5.74) is 2.44. The Labute approximate surface area is 192 Å². The minimum atomic E-state index is 0. The highest BCUT2D eigenvalue weighted by molar-refractivity contribution is 14.0. The Morgan fingerprint density at radius 1 is 1.21 bits per heavy atom. The Kier molecular flexibility index (Phi) is 12.0. The van der Waals surface area contributed by atoms with Gasteiger partial charge in [0.25, 0.3) is 0 Å². The first kappa shape index (κ1) is 25.5. The number of carbonyl (C=O) groups is 1. The predicted molar refractivity (Wildman–Crippen MR) is 130 cm³/mol. The van der Waals surface area contributed by atoms with E-state index in [4.69, 9.17) is 9.73 Å². The summed E-state index contributed by atoms with van der Waals surface area (Å²) in [6, 6.07) is 6.26. The van der Waals surface area contributed by atoms with Gasteiger partial charge in [-0.05, 0) is 31.9 Å². The van der Waals surface area contributed by atoms with Crippen molar-refractivity contribution in [3.63, 3.8) is 0 Å². The van der Waals surface area contributed by atoms with Crippen molar-refractivity contribution in [1.82, 2.24) is 20.4 Å². The number of ether oxygens (including phenoxy) is 1. The van der Waals surface area contributed by atoms with Gasteiger partial charge in [0.2, 0.25) is 5.91 Å². The van der Waals surface area contributed by atoms with Crippen molar-refractivity contribution >= 4 is 35.8 Å². The molecule has 0 aliphatic carbocycles. The molecule has 1 aliphatic rings. The van der Waals surface area contributed by atoms with Gasteiger partial charge in [0, 0.05) is 52.7 Å². The molecule has 0 unspecified atom stereocenters. The second-order valence-electron chi connectivity index (χ2n) is 7.10. The summed E-state index contributed by atoms with van der Waals surface area (Å²) in [5.74, 6) is 1.94. The summed E-state index contributed by atoms with van der Waals surface area (Å²) in [4.78, 5) is 20.4. The smallest absolute Gasteiger partial charge is 0.219 e. The molecule has 2 rings (SSSR count). The molecule has 0 aromatic heterocycles. The van der Waals surface area contributed by atoms with E-state index in [2.05, 4.69) is 41.5 Å². The first-order valence-electron chi connectivity index (χ1n) is 10.2. The van der Waals surface area contributed by atoms with Gasteiger partial charge in [0.05, 0.1) is 13.7 Å². The SMILES string of the molecule is CCNC(=NCCN1CCN(C(C)=O)CC1)NCCc1cc(C)ccc1OC.I. The number of rotatable bonds is 8. The molecule has 29 heavy (non-hydrogen) atoms. The van der Waals surface area contributed by atoms with E-state index in [0.717, 1.165) is 70.5 Å². The lowest BCUT2D eigenvalue weighted by molar-refractivity contribution is -0.130. The van der Waals surface area contributed by atoms with Crippen LogP contribution in [-0.4, -0.2) is 81.1 Å². The van der Waals surface area contributed by atoms with Crippen LogP contribution < -0.4 is 15.4 Å². The number of methoxy groups -OCH3 is 1. The zero-order valence-electron chi connectivity index (χ0n) is 18.2. The Morgan fingerprint density at radius 2 is 1.93 bits per heavy atom. The van der Waals surface area contributed by atoms with Crippen molar-refractivity contribution in [2.24, 2.45) is 4.99 Å². The number of hydrogen-bond acceptors (Lipinski definition) is 4. The van der Waals surface area contributed by atoms with Gasteiger partial charge in [-0.2, -0.15) is 0 Å². The summed E-state index contributed by atoms with van der Waals surface area (Å²) in [6.07, 6.45) is 0.877. The minimum absolute atomic E-state index is 0. The molecule has 7 nitrogen and oxygen atoms in total. The van der Waals surface area contributed by atoms with E-state index in [0.29, 0.717) is 0 Å². The number of guanidine groups is 1. The maximum absolute atomic E-state index is 11.4. The normalized spacial score (nSPS) is 14.9. The number of carbonyl (C=O) groups excluding carboxylic acids is 1. The Hall–Kier alpha value is -1.55. The lowest BCUT2D eigenvalue weighted by Crippen LogP contribution is -2.48. The van der Waals surface area contributed by atoms with Crippen LogP contribution in [0.2, 0.25) is 0 Å². The number of nitrogens with one attached hydrogen (secondary N) is 2. The monoisotopic (exact) mass is 517 g/mol. The van der Waals surface area contributed by atoms with E-state index >= 15 is 0 Å². The maximum Gasteiger partial charge on any atom is 0.219 e. The Balaban J connectivity index is 0.00000420. The van der Waals surface area contributed by atoms with Gasteiger partial charge in [-0.1, -0.05) is 17.7 Å². The average Bonchev–Trinajstić information content (AvgIpc) is 2.68. The van der Waals surface area contributed by atoms with Crippen molar-refractivity contribution in [1.29, 1.82) is 0 Å². The molecule has 1 aromatic carbocycles. The van der Waals surface area contributed by atoms with Gasteiger partial charge < -0.3 is 20.3 Å². The zero-order valence-corrected chi connectivity index (χ0v) is 20.5. The summed E-state index contributed by atoms with van der Waals surface area (Å²) >= 11 is 0. The van der Waals surface area contributed by atoms with Crippen LogP contribution in [-0.2, 0) is 11.2 Å². The van der Waals surface area contributed by atoms with Crippen LogP contribution in [0.15, 0.2) is 23.2 Å². The predicted octanol–water partition coefficient (Wildman–Crippen LogP) is 1.88. The molecule has 8 heteroatoms. The van der Waals surface area contributed by atoms with Gasteiger partial charge in [0.1, 0.15) is 5.75 Å². The number of halogens is 1. The summed E-state index contributed by atoms with van der Waals surface area (Å²) in [6.45, 7) is 12.6. The largest absolute Gasteiger partial charge is 0.496 e. The van der Waals surface area contributed by atoms with Crippen LogP contribution in [0.5, 0.6) is 5.75 Å². The van der Waals surface area contributed by atoms with E-state index in [1.54, 1.807) is 14.0 Å². The van der Waals surface area contributed by atoms with Crippen molar-refractivity contribution < 1.29 is 9.53 Å². The van der Waals surface area contributed by atoms with Crippen molar-refractivity contribution in [2.75, 3.05) is 59.5 Å². The number of piperazine rings is 1. The van der Waals surface area contributed by atoms with Crippen LogP contribution in [0, 0.1) is 6.92 Å². The van der Waals surface area contributed by atoms with Gasteiger partial charge in [-0.3, -0.25) is 14.7 Å². The molecule has 0 radical (unpaired) electrons. The molecule has 1 fully saturated rings. The highest BCUT2D eigenvalue weighted by Gasteiger charge is 2.17. The third kappa shape index (κ3) is 8.77. The maximum atomic E-state index is 11.4. The van der Waals surface area contributed by atoms with Crippen LogP contribution in [0.25, 0.3) is 0 Å². The first-order valence-corrected chi connectivity index (χ1v) is 10.2. The quantitative estimate of drug-likeness (QED) is 0.313. The highest BCUT2D eigenvalue weighted by atomic mass is 127. The Bertz CT molecular complexity index is 660. The molecular formula is C21H36IN5O2. The van der Waals surface area contributed by atoms with E-state index < -0.39 is 0 Å².